The van der Waals surface area contributed by atoms with Gasteiger partial charge in [0.05, 0.1) is 0 Å². The third-order valence-electron chi connectivity index (χ3n) is 3.33. The summed E-state index contributed by atoms with van der Waals surface area (Å²) in [6.07, 6.45) is 5.10. The number of nitrogens with two attached hydrogens (primary N) is 1. The van der Waals surface area contributed by atoms with Crippen molar-refractivity contribution in [1.29, 1.82) is 0 Å². The minimum absolute atomic E-state index is 0.407. The molecule has 0 amide bonds. The summed E-state index contributed by atoms with van der Waals surface area (Å²) >= 11 is 0. The van der Waals surface area contributed by atoms with E-state index in [1.165, 1.54) is 32.2 Å². The van der Waals surface area contributed by atoms with Crippen LogP contribution in [0.3, 0.4) is 0 Å². The number of hydrogen-bond donors (Lipinski definition) is 1. The molecule has 1 heterocycles. The molecule has 2 heteroatoms. The van der Waals surface area contributed by atoms with Crippen molar-refractivity contribution >= 4 is 0 Å². The lowest BCUT2D eigenvalue weighted by Crippen LogP contribution is -2.50. The van der Waals surface area contributed by atoms with E-state index in [2.05, 4.69) is 25.7 Å². The summed E-state index contributed by atoms with van der Waals surface area (Å²) in [4.78, 5) is 2.61. The molecule has 2 N–H and O–H groups in total. The number of nitrogens with zero attached hydrogens (tertiary/aromatic N) is 1. The molecule has 84 valence electrons. The van der Waals surface area contributed by atoms with E-state index in [-0.39, 0.29) is 0 Å². The summed E-state index contributed by atoms with van der Waals surface area (Å²) in [6.45, 7) is 9.26. The van der Waals surface area contributed by atoms with Crippen LogP contribution in [0.1, 0.15) is 46.5 Å². The first-order chi connectivity index (χ1) is 6.67. The fourth-order valence-corrected chi connectivity index (χ4v) is 2.72. The molecule has 1 aliphatic heterocycles. The number of piperidine rings is 1. The molecule has 3 unspecified atom stereocenters. The molecule has 1 fully saturated rings. The average Bonchev–Trinajstić information content (AvgIpc) is 2.12. The lowest BCUT2D eigenvalue weighted by atomic mass is 9.94. The first kappa shape index (κ1) is 12.0. The van der Waals surface area contributed by atoms with Crippen molar-refractivity contribution in [3.05, 3.63) is 0 Å². The van der Waals surface area contributed by atoms with Crippen LogP contribution in [0.2, 0.25) is 0 Å². The van der Waals surface area contributed by atoms with E-state index in [4.69, 9.17) is 5.73 Å². The van der Waals surface area contributed by atoms with E-state index < -0.39 is 0 Å². The third-order valence-corrected chi connectivity index (χ3v) is 3.33. The molecule has 0 saturated carbocycles. The number of rotatable bonds is 4. The van der Waals surface area contributed by atoms with Crippen LogP contribution in [-0.2, 0) is 0 Å². The molecule has 1 aliphatic rings. The fourth-order valence-electron chi connectivity index (χ4n) is 2.72. The predicted octanol–water partition coefficient (Wildman–Crippen LogP) is 2.23. The van der Waals surface area contributed by atoms with Crippen LogP contribution in [-0.4, -0.2) is 30.1 Å². The Morgan fingerprint density at radius 2 is 2.07 bits per heavy atom. The van der Waals surface area contributed by atoms with Gasteiger partial charge in [-0.15, -0.1) is 0 Å². The van der Waals surface area contributed by atoms with E-state index in [0.29, 0.717) is 6.04 Å². The van der Waals surface area contributed by atoms with Crippen molar-refractivity contribution in [2.45, 2.75) is 58.5 Å². The maximum atomic E-state index is 6.06. The zero-order valence-corrected chi connectivity index (χ0v) is 10.00. The normalized spacial score (nSPS) is 31.7. The number of likely N-dealkylation sites (tertiary alicyclic amines) is 1. The highest BCUT2D eigenvalue weighted by Gasteiger charge is 2.26. The highest BCUT2D eigenvalue weighted by Crippen LogP contribution is 2.20. The smallest absolute Gasteiger partial charge is 0.0170 e. The lowest BCUT2D eigenvalue weighted by molar-refractivity contribution is 0.107. The largest absolute Gasteiger partial charge is 0.327 e. The minimum atomic E-state index is 0.407. The van der Waals surface area contributed by atoms with Gasteiger partial charge >= 0.3 is 0 Å². The quantitative estimate of drug-likeness (QED) is 0.750. The highest BCUT2D eigenvalue weighted by atomic mass is 15.2. The van der Waals surface area contributed by atoms with Gasteiger partial charge in [0.25, 0.3) is 0 Å². The maximum Gasteiger partial charge on any atom is 0.0170 e. The summed E-state index contributed by atoms with van der Waals surface area (Å²) in [6, 6.07) is 1.18. The van der Waals surface area contributed by atoms with E-state index in [1.807, 2.05) is 0 Å². The molecule has 0 aromatic carbocycles. The van der Waals surface area contributed by atoms with Gasteiger partial charge in [-0.3, -0.25) is 4.90 Å². The van der Waals surface area contributed by atoms with E-state index in [9.17, 15) is 0 Å². The van der Waals surface area contributed by atoms with Crippen molar-refractivity contribution in [3.63, 3.8) is 0 Å². The summed E-state index contributed by atoms with van der Waals surface area (Å²) < 4.78 is 0. The Kier molecular flexibility index (Phi) is 4.90. The first-order valence-electron chi connectivity index (χ1n) is 6.17. The van der Waals surface area contributed by atoms with Crippen molar-refractivity contribution in [2.24, 2.45) is 11.7 Å². The van der Waals surface area contributed by atoms with Gasteiger partial charge in [-0.1, -0.05) is 27.2 Å². The zero-order chi connectivity index (χ0) is 10.6. The SMILES string of the molecule is CCCC(CC)N1CC(C)CC(N)C1. The molecule has 0 radical (unpaired) electrons. The average molecular weight is 198 g/mol. The molecule has 0 aromatic rings. The molecule has 2 nitrogen and oxygen atoms in total. The summed E-state index contributed by atoms with van der Waals surface area (Å²) in [5.41, 5.74) is 6.06. The molecular formula is C12H26N2. The Balaban J connectivity index is 2.47. The van der Waals surface area contributed by atoms with Gasteiger partial charge in [0.1, 0.15) is 0 Å². The van der Waals surface area contributed by atoms with Crippen LogP contribution in [0.25, 0.3) is 0 Å². The maximum absolute atomic E-state index is 6.06. The molecule has 14 heavy (non-hydrogen) atoms. The second-order valence-electron chi connectivity index (χ2n) is 4.91. The molecule has 1 saturated heterocycles. The highest BCUT2D eigenvalue weighted by molar-refractivity contribution is 4.83. The van der Waals surface area contributed by atoms with Gasteiger partial charge in [0.15, 0.2) is 0 Å². The summed E-state index contributed by atoms with van der Waals surface area (Å²) in [7, 11) is 0. The molecule has 0 aliphatic carbocycles. The van der Waals surface area contributed by atoms with Gasteiger partial charge in [-0.25, -0.2) is 0 Å². The lowest BCUT2D eigenvalue weighted by Gasteiger charge is -2.39. The van der Waals surface area contributed by atoms with E-state index >= 15 is 0 Å². The Labute approximate surface area is 88.8 Å². The Morgan fingerprint density at radius 3 is 2.57 bits per heavy atom. The molecule has 0 bridgehead atoms. The van der Waals surface area contributed by atoms with Crippen LogP contribution in [0.4, 0.5) is 0 Å². The van der Waals surface area contributed by atoms with Crippen LogP contribution in [0, 0.1) is 5.92 Å². The topological polar surface area (TPSA) is 29.3 Å². The second-order valence-corrected chi connectivity index (χ2v) is 4.91. The summed E-state index contributed by atoms with van der Waals surface area (Å²) in [5.74, 6) is 0.782. The predicted molar refractivity (Wildman–Crippen MR) is 62.3 cm³/mol. The van der Waals surface area contributed by atoms with Crippen molar-refractivity contribution < 1.29 is 0 Å². The Morgan fingerprint density at radius 1 is 1.36 bits per heavy atom. The zero-order valence-electron chi connectivity index (χ0n) is 10.00. The fraction of sp³-hybridized carbons (Fsp3) is 1.00. The van der Waals surface area contributed by atoms with Gasteiger partial charge in [-0.2, -0.15) is 0 Å². The van der Waals surface area contributed by atoms with Crippen molar-refractivity contribution in [2.75, 3.05) is 13.1 Å². The van der Waals surface area contributed by atoms with Crippen molar-refractivity contribution in [1.82, 2.24) is 4.90 Å². The van der Waals surface area contributed by atoms with Crippen molar-refractivity contribution in [3.8, 4) is 0 Å². The third kappa shape index (κ3) is 3.25. The van der Waals surface area contributed by atoms with Gasteiger partial charge in [0.2, 0.25) is 0 Å². The molecule has 0 aromatic heterocycles. The van der Waals surface area contributed by atoms with E-state index in [0.717, 1.165) is 18.5 Å². The summed E-state index contributed by atoms with van der Waals surface area (Å²) in [5, 5.41) is 0. The molecule has 0 spiro atoms. The van der Waals surface area contributed by atoms with Gasteiger partial charge in [-0.05, 0) is 25.2 Å². The van der Waals surface area contributed by atoms with Crippen LogP contribution >= 0.6 is 0 Å². The van der Waals surface area contributed by atoms with Crippen LogP contribution in [0.5, 0.6) is 0 Å². The molecular weight excluding hydrogens is 172 g/mol. The number of hydrogen-bond acceptors (Lipinski definition) is 2. The first-order valence-corrected chi connectivity index (χ1v) is 6.17. The van der Waals surface area contributed by atoms with Crippen LogP contribution in [0.15, 0.2) is 0 Å². The Bertz CT molecular complexity index is 148. The van der Waals surface area contributed by atoms with Gasteiger partial charge in [0, 0.05) is 25.2 Å². The Hall–Kier alpha value is -0.0800. The van der Waals surface area contributed by atoms with E-state index in [1.54, 1.807) is 0 Å². The van der Waals surface area contributed by atoms with Gasteiger partial charge < -0.3 is 5.73 Å². The molecule has 1 rings (SSSR count). The standard InChI is InChI=1S/C12H26N2/c1-4-6-12(5-2)14-8-10(3)7-11(13)9-14/h10-12H,4-9,13H2,1-3H3. The minimum Gasteiger partial charge on any atom is -0.327 e. The molecule has 3 atom stereocenters. The second kappa shape index (κ2) is 5.72. The monoisotopic (exact) mass is 198 g/mol. The van der Waals surface area contributed by atoms with Crippen LogP contribution < -0.4 is 5.73 Å².